The quantitative estimate of drug-likeness (QED) is 0.627. The second-order valence-corrected chi connectivity index (χ2v) is 5.68. The monoisotopic (exact) mass is 242 g/mol. The minimum absolute atomic E-state index is 0.558. The van der Waals surface area contributed by atoms with Crippen molar-refractivity contribution < 1.29 is 4.74 Å². The maximum atomic E-state index is 5.63. The molecule has 0 aromatic carbocycles. The van der Waals surface area contributed by atoms with Crippen LogP contribution in [0.2, 0.25) is 0 Å². The van der Waals surface area contributed by atoms with Crippen molar-refractivity contribution in [3.63, 3.8) is 0 Å². The van der Waals surface area contributed by atoms with Crippen LogP contribution >= 0.6 is 0 Å². The molecule has 0 saturated carbocycles. The van der Waals surface area contributed by atoms with E-state index < -0.39 is 0 Å². The summed E-state index contributed by atoms with van der Waals surface area (Å²) < 4.78 is 5.63. The molecule has 0 spiro atoms. The van der Waals surface area contributed by atoms with E-state index in [1.54, 1.807) is 0 Å². The van der Waals surface area contributed by atoms with Crippen LogP contribution in [0.3, 0.4) is 0 Å². The summed E-state index contributed by atoms with van der Waals surface area (Å²) in [5.74, 6) is 0.750. The van der Waals surface area contributed by atoms with E-state index in [0.29, 0.717) is 6.10 Å². The Morgan fingerprint density at radius 1 is 1.35 bits per heavy atom. The number of hydrogen-bond donors (Lipinski definition) is 1. The molecule has 17 heavy (non-hydrogen) atoms. The van der Waals surface area contributed by atoms with Gasteiger partial charge in [0.25, 0.3) is 0 Å². The molecule has 1 aliphatic rings. The predicted molar refractivity (Wildman–Crippen MR) is 73.4 cm³/mol. The Balaban J connectivity index is 1.88. The van der Waals surface area contributed by atoms with E-state index in [1.807, 2.05) is 0 Å². The third kappa shape index (κ3) is 7.74. The second-order valence-electron chi connectivity index (χ2n) is 5.68. The van der Waals surface area contributed by atoms with Crippen molar-refractivity contribution in [3.05, 3.63) is 0 Å². The van der Waals surface area contributed by atoms with Gasteiger partial charge >= 0.3 is 0 Å². The summed E-state index contributed by atoms with van der Waals surface area (Å²) in [6.07, 6.45) is 5.61. The maximum absolute atomic E-state index is 5.63. The standard InChI is InChI=1S/C14H30N2O/c1-13(2)12-15-8-10-16(3)9-4-6-14-7-5-11-17-14/h13-15H,4-12H2,1-3H3. The molecule has 3 nitrogen and oxygen atoms in total. The van der Waals surface area contributed by atoms with Crippen molar-refractivity contribution in [1.29, 1.82) is 0 Å². The Bertz CT molecular complexity index is 179. The highest BCUT2D eigenvalue weighted by Gasteiger charge is 2.14. The van der Waals surface area contributed by atoms with Crippen LogP contribution in [0.25, 0.3) is 0 Å². The average Bonchev–Trinajstić information content (AvgIpc) is 2.77. The van der Waals surface area contributed by atoms with Crippen LogP contribution in [0.5, 0.6) is 0 Å². The third-order valence-electron chi connectivity index (χ3n) is 3.31. The Morgan fingerprint density at radius 3 is 2.82 bits per heavy atom. The fraction of sp³-hybridized carbons (Fsp3) is 1.00. The number of likely N-dealkylation sites (N-methyl/N-ethyl adjacent to an activating group) is 1. The molecule has 0 amide bonds. The molecule has 0 bridgehead atoms. The average molecular weight is 242 g/mol. The van der Waals surface area contributed by atoms with Crippen molar-refractivity contribution in [2.24, 2.45) is 5.92 Å². The number of hydrogen-bond acceptors (Lipinski definition) is 3. The zero-order chi connectivity index (χ0) is 12.5. The highest BCUT2D eigenvalue weighted by atomic mass is 16.5. The highest BCUT2D eigenvalue weighted by molar-refractivity contribution is 4.66. The molecule has 1 N–H and O–H groups in total. The topological polar surface area (TPSA) is 24.5 Å². The smallest absolute Gasteiger partial charge is 0.0576 e. The lowest BCUT2D eigenvalue weighted by Crippen LogP contribution is -2.31. The Kier molecular flexibility index (Phi) is 7.82. The Hall–Kier alpha value is -0.120. The van der Waals surface area contributed by atoms with Crippen LogP contribution in [-0.4, -0.2) is 50.8 Å². The zero-order valence-corrected chi connectivity index (χ0v) is 11.9. The third-order valence-corrected chi connectivity index (χ3v) is 3.31. The summed E-state index contributed by atoms with van der Waals surface area (Å²) in [6.45, 7) is 10.1. The van der Waals surface area contributed by atoms with E-state index in [4.69, 9.17) is 4.74 Å². The fourth-order valence-corrected chi connectivity index (χ4v) is 2.23. The largest absolute Gasteiger partial charge is 0.378 e. The van der Waals surface area contributed by atoms with Crippen LogP contribution in [-0.2, 0) is 4.74 Å². The van der Waals surface area contributed by atoms with Crippen molar-refractivity contribution in [3.8, 4) is 0 Å². The molecule has 1 rings (SSSR count). The first-order valence-electron chi connectivity index (χ1n) is 7.19. The van der Waals surface area contributed by atoms with Gasteiger partial charge in [-0.25, -0.2) is 0 Å². The van der Waals surface area contributed by atoms with Gasteiger partial charge in [-0.05, 0) is 51.7 Å². The molecule has 0 aliphatic carbocycles. The molecule has 0 aromatic heterocycles. The SMILES string of the molecule is CC(C)CNCCN(C)CCCC1CCCO1. The van der Waals surface area contributed by atoms with Gasteiger partial charge in [-0.3, -0.25) is 0 Å². The van der Waals surface area contributed by atoms with E-state index in [2.05, 4.69) is 31.1 Å². The molecular formula is C14H30N2O. The van der Waals surface area contributed by atoms with Gasteiger partial charge in [-0.2, -0.15) is 0 Å². The molecule has 1 saturated heterocycles. The summed E-state index contributed by atoms with van der Waals surface area (Å²) in [5.41, 5.74) is 0. The number of ether oxygens (including phenoxy) is 1. The maximum Gasteiger partial charge on any atom is 0.0576 e. The summed E-state index contributed by atoms with van der Waals surface area (Å²) >= 11 is 0. The van der Waals surface area contributed by atoms with Gasteiger partial charge in [-0.15, -0.1) is 0 Å². The van der Waals surface area contributed by atoms with Crippen LogP contribution in [0.4, 0.5) is 0 Å². The first-order valence-corrected chi connectivity index (χ1v) is 7.19. The summed E-state index contributed by atoms with van der Waals surface area (Å²) in [4.78, 5) is 2.42. The minimum Gasteiger partial charge on any atom is -0.378 e. The first-order chi connectivity index (χ1) is 8.18. The molecule has 1 fully saturated rings. The fourth-order valence-electron chi connectivity index (χ4n) is 2.23. The van der Waals surface area contributed by atoms with E-state index in [9.17, 15) is 0 Å². The lowest BCUT2D eigenvalue weighted by Gasteiger charge is -2.18. The van der Waals surface area contributed by atoms with E-state index >= 15 is 0 Å². The van der Waals surface area contributed by atoms with Gasteiger partial charge in [0, 0.05) is 19.7 Å². The highest BCUT2D eigenvalue weighted by Crippen LogP contribution is 2.16. The van der Waals surface area contributed by atoms with Crippen molar-refractivity contribution in [2.45, 2.75) is 45.6 Å². The van der Waals surface area contributed by atoms with Gasteiger partial charge in [-0.1, -0.05) is 13.8 Å². The lowest BCUT2D eigenvalue weighted by molar-refractivity contribution is 0.0997. The lowest BCUT2D eigenvalue weighted by atomic mass is 10.1. The molecule has 3 heteroatoms. The van der Waals surface area contributed by atoms with Gasteiger partial charge in [0.15, 0.2) is 0 Å². The van der Waals surface area contributed by atoms with Gasteiger partial charge in [0.1, 0.15) is 0 Å². The van der Waals surface area contributed by atoms with Gasteiger partial charge in [0.05, 0.1) is 6.10 Å². The molecule has 0 radical (unpaired) electrons. The zero-order valence-electron chi connectivity index (χ0n) is 11.9. The molecule has 1 heterocycles. The van der Waals surface area contributed by atoms with Gasteiger partial charge < -0.3 is 15.0 Å². The van der Waals surface area contributed by atoms with Crippen molar-refractivity contribution in [2.75, 3.05) is 39.8 Å². The molecule has 1 unspecified atom stereocenters. The molecule has 0 aromatic rings. The number of nitrogens with one attached hydrogen (secondary N) is 1. The van der Waals surface area contributed by atoms with E-state index in [1.165, 1.54) is 32.2 Å². The van der Waals surface area contributed by atoms with Crippen LogP contribution < -0.4 is 5.32 Å². The van der Waals surface area contributed by atoms with Crippen LogP contribution in [0, 0.1) is 5.92 Å². The van der Waals surface area contributed by atoms with Crippen LogP contribution in [0.1, 0.15) is 39.5 Å². The molecule has 1 aliphatic heterocycles. The minimum atomic E-state index is 0.558. The van der Waals surface area contributed by atoms with Gasteiger partial charge in [0.2, 0.25) is 0 Å². The Morgan fingerprint density at radius 2 is 2.18 bits per heavy atom. The predicted octanol–water partition coefficient (Wildman–Crippen LogP) is 2.12. The summed E-state index contributed by atoms with van der Waals surface area (Å²) in [6, 6.07) is 0. The molecular weight excluding hydrogens is 212 g/mol. The summed E-state index contributed by atoms with van der Waals surface area (Å²) in [7, 11) is 2.21. The Labute approximate surface area is 107 Å². The summed E-state index contributed by atoms with van der Waals surface area (Å²) in [5, 5.41) is 3.48. The normalized spacial score (nSPS) is 20.6. The van der Waals surface area contributed by atoms with Crippen molar-refractivity contribution in [1.82, 2.24) is 10.2 Å². The number of rotatable bonds is 9. The molecule has 102 valence electrons. The number of nitrogens with zero attached hydrogens (tertiary/aromatic N) is 1. The first kappa shape index (κ1) is 14.9. The van der Waals surface area contributed by atoms with E-state index in [0.717, 1.165) is 32.2 Å². The second kappa shape index (κ2) is 8.90. The van der Waals surface area contributed by atoms with E-state index in [-0.39, 0.29) is 0 Å². The van der Waals surface area contributed by atoms with Crippen molar-refractivity contribution >= 4 is 0 Å². The molecule has 1 atom stereocenters. The van der Waals surface area contributed by atoms with Crippen LogP contribution in [0.15, 0.2) is 0 Å².